The van der Waals surface area contributed by atoms with E-state index in [4.69, 9.17) is 0 Å². The van der Waals surface area contributed by atoms with E-state index in [1.807, 2.05) is 0 Å². The number of rotatable bonds is 2. The molecule has 0 aliphatic carbocycles. The van der Waals surface area contributed by atoms with Crippen molar-refractivity contribution in [3.63, 3.8) is 0 Å². The zero-order valence-electron chi connectivity index (χ0n) is 16.0. The molecule has 2 N–H and O–H groups in total. The summed E-state index contributed by atoms with van der Waals surface area (Å²) < 4.78 is 0. The smallest absolute Gasteiger partial charge is 0.0377 e. The van der Waals surface area contributed by atoms with Crippen molar-refractivity contribution in [2.75, 3.05) is 13.1 Å². The summed E-state index contributed by atoms with van der Waals surface area (Å²) in [6.07, 6.45) is 4.82. The lowest BCUT2D eigenvalue weighted by Crippen LogP contribution is -2.23. The minimum Gasteiger partial charge on any atom is -0.384 e. The molecule has 2 aliphatic heterocycles. The van der Waals surface area contributed by atoms with Crippen molar-refractivity contribution in [1.82, 2.24) is 10.6 Å². The third-order valence-corrected chi connectivity index (χ3v) is 5.47. The van der Waals surface area contributed by atoms with Gasteiger partial charge in [-0.1, -0.05) is 71.9 Å². The summed E-state index contributed by atoms with van der Waals surface area (Å²) in [4.78, 5) is 0. The van der Waals surface area contributed by atoms with Gasteiger partial charge in [0.25, 0.3) is 0 Å². The van der Waals surface area contributed by atoms with Gasteiger partial charge in [0, 0.05) is 36.3 Å². The molecule has 130 valence electrons. The predicted octanol–water partition coefficient (Wildman–Crippen LogP) is 4.90. The van der Waals surface area contributed by atoms with Crippen LogP contribution in [0.25, 0.3) is 11.4 Å². The Morgan fingerprint density at radius 2 is 1.17 bits per heavy atom. The molecule has 24 heavy (non-hydrogen) atoms. The number of benzene rings is 1. The van der Waals surface area contributed by atoms with Crippen LogP contribution in [0.1, 0.15) is 52.7 Å². The molecule has 2 atom stereocenters. The molecule has 2 aliphatic rings. The molecule has 0 spiro atoms. The normalized spacial score (nSPS) is 24.2. The van der Waals surface area contributed by atoms with Gasteiger partial charge in [-0.15, -0.1) is 0 Å². The maximum Gasteiger partial charge on any atom is 0.0377 e. The standard InChI is InChI=1S/C22H32N2/c1-21(2,3)17-11-19(23-13-17)15-8-7-9-16(10-15)20-12-18(14-24-20)22(4,5)6/h7-12,17-18,23-24H,13-14H2,1-6H3/t17-,18-/m1/s1. The van der Waals surface area contributed by atoms with E-state index in [1.54, 1.807) is 0 Å². The lowest BCUT2D eigenvalue weighted by Gasteiger charge is -2.24. The van der Waals surface area contributed by atoms with Gasteiger partial charge in [-0.2, -0.15) is 0 Å². The molecule has 0 bridgehead atoms. The average Bonchev–Trinajstić information content (AvgIpc) is 3.16. The van der Waals surface area contributed by atoms with Crippen molar-refractivity contribution in [2.45, 2.75) is 41.5 Å². The molecule has 2 heterocycles. The Morgan fingerprint density at radius 3 is 1.50 bits per heavy atom. The lowest BCUT2D eigenvalue weighted by atomic mass is 9.81. The van der Waals surface area contributed by atoms with E-state index in [0.717, 1.165) is 13.1 Å². The molecule has 0 radical (unpaired) electrons. The number of hydrogen-bond donors (Lipinski definition) is 2. The van der Waals surface area contributed by atoms with Crippen molar-refractivity contribution in [3.8, 4) is 0 Å². The zero-order valence-corrected chi connectivity index (χ0v) is 16.0. The summed E-state index contributed by atoms with van der Waals surface area (Å²) in [5.74, 6) is 1.18. The van der Waals surface area contributed by atoms with E-state index in [-0.39, 0.29) is 0 Å². The van der Waals surface area contributed by atoms with Crippen molar-refractivity contribution >= 4 is 11.4 Å². The fourth-order valence-corrected chi connectivity index (χ4v) is 3.44. The molecule has 3 rings (SSSR count). The van der Waals surface area contributed by atoms with Crippen LogP contribution in [0.2, 0.25) is 0 Å². The van der Waals surface area contributed by atoms with E-state index < -0.39 is 0 Å². The van der Waals surface area contributed by atoms with E-state index in [2.05, 4.69) is 88.6 Å². The van der Waals surface area contributed by atoms with Crippen LogP contribution in [-0.4, -0.2) is 13.1 Å². The zero-order chi connectivity index (χ0) is 17.5. The predicted molar refractivity (Wildman–Crippen MR) is 104 cm³/mol. The molecule has 0 saturated carbocycles. The van der Waals surface area contributed by atoms with Gasteiger partial charge in [0.2, 0.25) is 0 Å². The quantitative estimate of drug-likeness (QED) is 0.808. The second-order valence-electron chi connectivity index (χ2n) is 9.45. The highest BCUT2D eigenvalue weighted by atomic mass is 14.9. The Labute approximate surface area is 147 Å². The second-order valence-corrected chi connectivity index (χ2v) is 9.45. The van der Waals surface area contributed by atoms with Gasteiger partial charge in [0.1, 0.15) is 0 Å². The fraction of sp³-hybridized carbons (Fsp3) is 0.545. The first-order valence-electron chi connectivity index (χ1n) is 9.17. The molecule has 0 unspecified atom stereocenters. The minimum atomic E-state index is 0.307. The highest BCUT2D eigenvalue weighted by molar-refractivity contribution is 5.73. The van der Waals surface area contributed by atoms with Crippen LogP contribution in [0.3, 0.4) is 0 Å². The van der Waals surface area contributed by atoms with Crippen molar-refractivity contribution in [3.05, 3.63) is 47.5 Å². The maximum absolute atomic E-state index is 3.60. The van der Waals surface area contributed by atoms with Crippen molar-refractivity contribution in [2.24, 2.45) is 22.7 Å². The molecule has 1 aromatic rings. The van der Waals surface area contributed by atoms with Crippen LogP contribution in [0.5, 0.6) is 0 Å². The van der Waals surface area contributed by atoms with Crippen LogP contribution < -0.4 is 10.6 Å². The largest absolute Gasteiger partial charge is 0.384 e. The van der Waals surface area contributed by atoms with Gasteiger partial charge in [0.05, 0.1) is 0 Å². The average molecular weight is 325 g/mol. The molecule has 0 saturated heterocycles. The Morgan fingerprint density at radius 1 is 0.750 bits per heavy atom. The van der Waals surface area contributed by atoms with Crippen LogP contribution in [0.15, 0.2) is 36.4 Å². The van der Waals surface area contributed by atoms with Gasteiger partial charge >= 0.3 is 0 Å². The Bertz CT molecular complexity index is 613. The molecule has 0 amide bonds. The Balaban J connectivity index is 1.84. The first kappa shape index (κ1) is 17.1. The summed E-state index contributed by atoms with van der Waals surface area (Å²) in [6, 6.07) is 8.91. The van der Waals surface area contributed by atoms with Gasteiger partial charge < -0.3 is 10.6 Å². The van der Waals surface area contributed by atoms with Crippen LogP contribution in [0.4, 0.5) is 0 Å². The van der Waals surface area contributed by atoms with Gasteiger partial charge in [-0.05, 0) is 28.0 Å². The Kier molecular flexibility index (Phi) is 4.27. The molecular weight excluding hydrogens is 292 g/mol. The topological polar surface area (TPSA) is 24.1 Å². The summed E-state index contributed by atoms with van der Waals surface area (Å²) in [5, 5.41) is 7.20. The minimum absolute atomic E-state index is 0.307. The third-order valence-electron chi connectivity index (χ3n) is 5.47. The van der Waals surface area contributed by atoms with Gasteiger partial charge in [-0.25, -0.2) is 0 Å². The lowest BCUT2D eigenvalue weighted by molar-refractivity contribution is 0.302. The van der Waals surface area contributed by atoms with E-state index in [9.17, 15) is 0 Å². The second kappa shape index (κ2) is 5.98. The molecule has 1 aromatic carbocycles. The summed E-state index contributed by atoms with van der Waals surface area (Å²) >= 11 is 0. The molecular formula is C22H32N2. The van der Waals surface area contributed by atoms with Gasteiger partial charge in [0.15, 0.2) is 0 Å². The highest BCUT2D eigenvalue weighted by Gasteiger charge is 2.29. The first-order valence-corrected chi connectivity index (χ1v) is 9.17. The van der Waals surface area contributed by atoms with Gasteiger partial charge in [-0.3, -0.25) is 0 Å². The van der Waals surface area contributed by atoms with Crippen LogP contribution >= 0.6 is 0 Å². The monoisotopic (exact) mass is 324 g/mol. The SMILES string of the molecule is CC(C)(C)[C@@H]1C=C(c2cccc(C3=C[C@@H](C(C)(C)C)CN3)c2)NC1. The molecule has 2 heteroatoms. The van der Waals surface area contributed by atoms with E-state index >= 15 is 0 Å². The summed E-state index contributed by atoms with van der Waals surface area (Å²) in [5.41, 5.74) is 5.76. The molecule has 2 nitrogen and oxygen atoms in total. The third kappa shape index (κ3) is 3.53. The fourth-order valence-electron chi connectivity index (χ4n) is 3.44. The number of nitrogens with one attached hydrogen (secondary N) is 2. The highest BCUT2D eigenvalue weighted by Crippen LogP contribution is 2.35. The van der Waals surface area contributed by atoms with E-state index in [0.29, 0.717) is 22.7 Å². The summed E-state index contributed by atoms with van der Waals surface area (Å²) in [6.45, 7) is 16.0. The summed E-state index contributed by atoms with van der Waals surface area (Å²) in [7, 11) is 0. The number of hydrogen-bond acceptors (Lipinski definition) is 2. The van der Waals surface area contributed by atoms with E-state index in [1.165, 1.54) is 22.5 Å². The molecule has 0 fully saturated rings. The first-order chi connectivity index (χ1) is 11.1. The maximum atomic E-state index is 3.60. The molecule has 0 aromatic heterocycles. The van der Waals surface area contributed by atoms with Crippen LogP contribution in [0, 0.1) is 22.7 Å². The van der Waals surface area contributed by atoms with Crippen LogP contribution in [-0.2, 0) is 0 Å². The van der Waals surface area contributed by atoms with Crippen molar-refractivity contribution in [1.29, 1.82) is 0 Å². The Hall–Kier alpha value is -1.70. The van der Waals surface area contributed by atoms with Crippen molar-refractivity contribution < 1.29 is 0 Å².